The van der Waals surface area contributed by atoms with Crippen LogP contribution in [0.5, 0.6) is 0 Å². The molecule has 1 unspecified atom stereocenters. The van der Waals surface area contributed by atoms with Crippen LogP contribution in [-0.2, 0) is 11.8 Å². The van der Waals surface area contributed by atoms with Gasteiger partial charge in [0, 0.05) is 17.2 Å². The molecule has 1 amide bonds. The van der Waals surface area contributed by atoms with Crippen molar-refractivity contribution in [3.63, 3.8) is 0 Å². The van der Waals surface area contributed by atoms with Crippen molar-refractivity contribution in [1.29, 1.82) is 0 Å². The van der Waals surface area contributed by atoms with E-state index in [9.17, 15) is 4.79 Å². The van der Waals surface area contributed by atoms with E-state index in [1.165, 1.54) is 5.56 Å². The van der Waals surface area contributed by atoms with Crippen LogP contribution in [0.15, 0.2) is 35.0 Å². The molecule has 1 aromatic carbocycles. The number of hydrogen-bond donors (Lipinski definition) is 3. The molecule has 0 spiro atoms. The molecule has 0 radical (unpaired) electrons. The number of aryl methyl sites for hydroxylation is 1. The van der Waals surface area contributed by atoms with Gasteiger partial charge in [-0.25, -0.2) is 4.98 Å². The average molecular weight is 419 g/mol. The number of carbonyl (C=O) groups is 1. The largest absolute Gasteiger partial charge is 0.395 e. The standard InChI is InChI=1S/C23H26N6O2/c1-23(9-10-23)22-28-21(31-29-22)20(30)27-17-5-3-2-4-13-12-14(6-7-15(13)17)16-8-11-26-19(25)18(16)24/h6-8,11-12,17H,2-5,9-10,24H2,1H3,(H2,25,26)(H,27,30). The topological polar surface area (TPSA) is 133 Å². The van der Waals surface area contributed by atoms with Gasteiger partial charge in [0.1, 0.15) is 5.82 Å². The van der Waals surface area contributed by atoms with Crippen LogP contribution in [0.4, 0.5) is 11.5 Å². The van der Waals surface area contributed by atoms with Crippen LogP contribution < -0.4 is 16.8 Å². The Morgan fingerprint density at radius 3 is 2.87 bits per heavy atom. The Morgan fingerprint density at radius 1 is 1.23 bits per heavy atom. The SMILES string of the molecule is CC1(c2noc(C(=O)NC3CCCCc4cc(-c5ccnc(N)c5N)ccc43)n2)CC1. The molecule has 0 saturated heterocycles. The second kappa shape index (κ2) is 7.37. The molecule has 2 heterocycles. The third-order valence-electron chi connectivity index (χ3n) is 6.50. The van der Waals surface area contributed by atoms with E-state index in [0.717, 1.165) is 55.2 Å². The molecule has 0 aliphatic heterocycles. The summed E-state index contributed by atoms with van der Waals surface area (Å²) >= 11 is 0. The van der Waals surface area contributed by atoms with Gasteiger partial charge in [0.2, 0.25) is 0 Å². The van der Waals surface area contributed by atoms with Crippen molar-refractivity contribution in [2.75, 3.05) is 11.5 Å². The van der Waals surface area contributed by atoms with Gasteiger partial charge < -0.3 is 21.3 Å². The van der Waals surface area contributed by atoms with Crippen LogP contribution in [0.2, 0.25) is 0 Å². The van der Waals surface area contributed by atoms with Crippen LogP contribution in [0, 0.1) is 0 Å². The van der Waals surface area contributed by atoms with E-state index in [1.54, 1.807) is 6.20 Å². The normalized spacial score (nSPS) is 19.3. The number of rotatable bonds is 4. The van der Waals surface area contributed by atoms with E-state index in [0.29, 0.717) is 17.3 Å². The number of hydrogen-bond acceptors (Lipinski definition) is 7. The summed E-state index contributed by atoms with van der Waals surface area (Å²) in [5, 5.41) is 7.12. The van der Waals surface area contributed by atoms with Gasteiger partial charge in [-0.15, -0.1) is 0 Å². The predicted octanol–water partition coefficient (Wildman–Crippen LogP) is 3.55. The molecule has 1 atom stereocenters. The van der Waals surface area contributed by atoms with Gasteiger partial charge in [0.15, 0.2) is 5.82 Å². The molecule has 2 aliphatic carbocycles. The van der Waals surface area contributed by atoms with E-state index < -0.39 is 0 Å². The number of fused-ring (bicyclic) bond motifs is 1. The summed E-state index contributed by atoms with van der Waals surface area (Å²) in [6.45, 7) is 2.09. The first-order valence-electron chi connectivity index (χ1n) is 10.7. The van der Waals surface area contributed by atoms with Gasteiger partial charge in [-0.3, -0.25) is 4.79 Å². The molecule has 1 saturated carbocycles. The minimum Gasteiger partial charge on any atom is -0.395 e. The molecule has 1 fully saturated rings. The lowest BCUT2D eigenvalue weighted by atomic mass is 9.94. The zero-order chi connectivity index (χ0) is 21.6. The number of nitrogens with two attached hydrogens (primary N) is 2. The molecule has 3 aromatic rings. The summed E-state index contributed by atoms with van der Waals surface area (Å²) in [6.07, 6.45) is 7.60. The Morgan fingerprint density at radius 2 is 2.06 bits per heavy atom. The number of nitrogens with zero attached hydrogens (tertiary/aromatic N) is 3. The number of nitrogen functional groups attached to an aromatic ring is 2. The van der Waals surface area contributed by atoms with Crippen molar-refractivity contribution in [1.82, 2.24) is 20.4 Å². The molecule has 5 rings (SSSR count). The van der Waals surface area contributed by atoms with Gasteiger partial charge >= 0.3 is 11.8 Å². The maximum atomic E-state index is 12.8. The fourth-order valence-corrected chi connectivity index (χ4v) is 4.23. The lowest BCUT2D eigenvalue weighted by Gasteiger charge is -2.19. The number of aromatic nitrogens is 3. The molecule has 0 bridgehead atoms. The predicted molar refractivity (Wildman–Crippen MR) is 117 cm³/mol. The van der Waals surface area contributed by atoms with Crippen molar-refractivity contribution in [3.05, 3.63) is 53.3 Å². The van der Waals surface area contributed by atoms with Crippen molar-refractivity contribution in [2.45, 2.75) is 56.9 Å². The highest BCUT2D eigenvalue weighted by Gasteiger charge is 2.44. The van der Waals surface area contributed by atoms with Gasteiger partial charge in [-0.05, 0) is 54.9 Å². The fourth-order valence-electron chi connectivity index (χ4n) is 4.23. The average Bonchev–Trinajstić information content (AvgIpc) is 3.37. The Bertz CT molecular complexity index is 1150. The molecule has 160 valence electrons. The minimum absolute atomic E-state index is 0.0329. The van der Waals surface area contributed by atoms with Crippen LogP contribution in [0.3, 0.4) is 0 Å². The van der Waals surface area contributed by atoms with Gasteiger partial charge in [-0.2, -0.15) is 4.98 Å². The van der Waals surface area contributed by atoms with E-state index in [-0.39, 0.29) is 23.3 Å². The van der Waals surface area contributed by atoms with Crippen molar-refractivity contribution in [3.8, 4) is 11.1 Å². The first-order valence-corrected chi connectivity index (χ1v) is 10.7. The van der Waals surface area contributed by atoms with Crippen molar-refractivity contribution in [2.24, 2.45) is 0 Å². The summed E-state index contributed by atoms with van der Waals surface area (Å²) in [6, 6.07) is 8.00. The molecule has 5 N–H and O–H groups in total. The second-order valence-electron chi connectivity index (χ2n) is 8.83. The number of carbonyl (C=O) groups excluding carboxylic acids is 1. The quantitative estimate of drug-likeness (QED) is 0.552. The maximum Gasteiger partial charge on any atom is 0.315 e. The number of benzene rings is 1. The molecule has 2 aromatic heterocycles. The first-order chi connectivity index (χ1) is 14.9. The Hall–Kier alpha value is -3.42. The minimum atomic E-state index is -0.323. The third kappa shape index (κ3) is 3.62. The summed E-state index contributed by atoms with van der Waals surface area (Å²) in [4.78, 5) is 21.2. The Labute approximate surface area is 180 Å². The first kappa shape index (κ1) is 19.5. The van der Waals surface area contributed by atoms with Crippen LogP contribution in [-0.4, -0.2) is 21.0 Å². The molecule has 8 heteroatoms. The highest BCUT2D eigenvalue weighted by atomic mass is 16.5. The van der Waals surface area contributed by atoms with E-state index in [2.05, 4.69) is 39.5 Å². The number of anilines is 2. The molecular formula is C23H26N6O2. The molecule has 31 heavy (non-hydrogen) atoms. The van der Waals surface area contributed by atoms with E-state index >= 15 is 0 Å². The lowest BCUT2D eigenvalue weighted by Crippen LogP contribution is -2.29. The summed E-state index contributed by atoms with van der Waals surface area (Å²) < 4.78 is 5.25. The third-order valence-corrected chi connectivity index (χ3v) is 6.50. The molecular weight excluding hydrogens is 392 g/mol. The van der Waals surface area contributed by atoms with E-state index in [4.69, 9.17) is 16.0 Å². The Kier molecular flexibility index (Phi) is 4.64. The maximum absolute atomic E-state index is 12.8. The van der Waals surface area contributed by atoms with Crippen LogP contribution in [0.25, 0.3) is 11.1 Å². The monoisotopic (exact) mass is 418 g/mol. The van der Waals surface area contributed by atoms with E-state index in [1.807, 2.05) is 12.1 Å². The van der Waals surface area contributed by atoms with Crippen LogP contribution >= 0.6 is 0 Å². The fraction of sp³-hybridized carbons (Fsp3) is 0.391. The summed E-state index contributed by atoms with van der Waals surface area (Å²) in [7, 11) is 0. The molecule has 8 nitrogen and oxygen atoms in total. The second-order valence-corrected chi connectivity index (χ2v) is 8.83. The zero-order valence-corrected chi connectivity index (χ0v) is 17.5. The number of amides is 1. The number of nitrogens with one attached hydrogen (secondary N) is 1. The summed E-state index contributed by atoms with van der Waals surface area (Å²) in [5.74, 6) is 0.663. The van der Waals surface area contributed by atoms with Crippen LogP contribution in [0.1, 0.15) is 72.7 Å². The van der Waals surface area contributed by atoms with Gasteiger partial charge in [0.05, 0.1) is 11.7 Å². The zero-order valence-electron chi connectivity index (χ0n) is 17.5. The lowest BCUT2D eigenvalue weighted by molar-refractivity contribution is 0.0890. The van der Waals surface area contributed by atoms with Crippen molar-refractivity contribution < 1.29 is 9.32 Å². The summed E-state index contributed by atoms with van der Waals surface area (Å²) in [5.41, 5.74) is 16.7. The smallest absolute Gasteiger partial charge is 0.315 e. The Balaban J connectivity index is 1.41. The van der Waals surface area contributed by atoms with Gasteiger partial charge in [0.25, 0.3) is 0 Å². The van der Waals surface area contributed by atoms with Gasteiger partial charge in [-0.1, -0.05) is 36.7 Å². The highest BCUT2D eigenvalue weighted by molar-refractivity contribution is 5.90. The molecule has 2 aliphatic rings. The number of pyridine rings is 1. The van der Waals surface area contributed by atoms with Crippen molar-refractivity contribution >= 4 is 17.4 Å². The highest BCUT2D eigenvalue weighted by Crippen LogP contribution is 2.46.